The summed E-state index contributed by atoms with van der Waals surface area (Å²) in [6.07, 6.45) is 6.48. The maximum Gasteiger partial charge on any atom is 0.138 e. The molecule has 0 aliphatic heterocycles. The molecule has 2 unspecified atom stereocenters. The first-order chi connectivity index (χ1) is 8.80. The van der Waals surface area contributed by atoms with Gasteiger partial charge in [0, 0.05) is 26.1 Å². The van der Waals surface area contributed by atoms with E-state index in [2.05, 4.69) is 22.3 Å². The lowest BCUT2D eigenvalue weighted by atomic mass is 10.0. The van der Waals surface area contributed by atoms with E-state index in [1.807, 2.05) is 18.8 Å². The van der Waals surface area contributed by atoms with Crippen molar-refractivity contribution in [2.45, 2.75) is 51.3 Å². The number of aryl methyl sites for hydroxylation is 1. The molecule has 0 saturated heterocycles. The van der Waals surface area contributed by atoms with Crippen LogP contribution in [0.4, 0.5) is 0 Å². The van der Waals surface area contributed by atoms with Crippen LogP contribution in [0.5, 0.6) is 0 Å². The molecule has 1 N–H and O–H groups in total. The Labute approximate surface area is 109 Å². The number of aromatic nitrogens is 3. The Morgan fingerprint density at radius 2 is 2.33 bits per heavy atom. The Morgan fingerprint density at radius 1 is 1.56 bits per heavy atom. The molecule has 18 heavy (non-hydrogen) atoms. The molecule has 5 heteroatoms. The number of nitrogens with one attached hydrogen (secondary N) is 1. The van der Waals surface area contributed by atoms with E-state index >= 15 is 0 Å². The molecule has 0 spiro atoms. The second-order valence-electron chi connectivity index (χ2n) is 5.04. The van der Waals surface area contributed by atoms with Gasteiger partial charge < -0.3 is 10.1 Å². The van der Waals surface area contributed by atoms with Crippen LogP contribution >= 0.6 is 0 Å². The van der Waals surface area contributed by atoms with Gasteiger partial charge in [-0.25, -0.2) is 4.98 Å². The van der Waals surface area contributed by atoms with Crippen molar-refractivity contribution in [3.8, 4) is 0 Å². The van der Waals surface area contributed by atoms with E-state index in [0.717, 1.165) is 31.1 Å². The zero-order valence-corrected chi connectivity index (χ0v) is 11.6. The zero-order valence-electron chi connectivity index (χ0n) is 11.6. The van der Waals surface area contributed by atoms with Crippen LogP contribution in [-0.2, 0) is 17.7 Å². The lowest BCUT2D eigenvalue weighted by Crippen LogP contribution is -2.42. The van der Waals surface area contributed by atoms with Crippen LogP contribution in [0.15, 0.2) is 6.33 Å². The number of ether oxygens (including phenoxy) is 1. The van der Waals surface area contributed by atoms with E-state index in [9.17, 15) is 0 Å². The summed E-state index contributed by atoms with van der Waals surface area (Å²) in [7, 11) is 3.81. The highest BCUT2D eigenvalue weighted by atomic mass is 16.5. The second-order valence-corrected chi connectivity index (χ2v) is 5.04. The predicted octanol–water partition coefficient (Wildman–Crippen LogP) is 1.24. The Kier molecular flexibility index (Phi) is 4.72. The number of hydrogen-bond donors (Lipinski definition) is 1. The fraction of sp³-hybridized carbons (Fsp3) is 0.846. The molecule has 2 atom stereocenters. The van der Waals surface area contributed by atoms with Crippen molar-refractivity contribution in [2.75, 3.05) is 14.2 Å². The van der Waals surface area contributed by atoms with E-state index < -0.39 is 0 Å². The summed E-state index contributed by atoms with van der Waals surface area (Å²) >= 11 is 0. The molecule has 0 radical (unpaired) electrons. The van der Waals surface area contributed by atoms with Crippen LogP contribution in [0.3, 0.4) is 0 Å². The standard InChI is InChI=1S/C13H24N4O/c1-4-7-17-12(15-9-16-17)8-11(14-2)13(18-3)10-5-6-10/h9-11,13-14H,4-8H2,1-3H3. The summed E-state index contributed by atoms with van der Waals surface area (Å²) in [5.41, 5.74) is 0. The molecule has 0 bridgehead atoms. The monoisotopic (exact) mass is 252 g/mol. The van der Waals surface area contributed by atoms with Crippen LogP contribution in [0.1, 0.15) is 32.0 Å². The SMILES string of the molecule is CCCn1ncnc1CC(NC)C(OC)C1CC1. The van der Waals surface area contributed by atoms with Gasteiger partial charge in [-0.2, -0.15) is 5.10 Å². The maximum absolute atomic E-state index is 5.66. The van der Waals surface area contributed by atoms with E-state index in [0.29, 0.717) is 12.1 Å². The molecule has 1 aromatic heterocycles. The highest BCUT2D eigenvalue weighted by Crippen LogP contribution is 2.36. The zero-order chi connectivity index (χ0) is 13.0. The molecule has 5 nitrogen and oxygen atoms in total. The first kappa shape index (κ1) is 13.5. The van der Waals surface area contributed by atoms with Crippen molar-refractivity contribution in [3.63, 3.8) is 0 Å². The van der Waals surface area contributed by atoms with Gasteiger partial charge in [-0.05, 0) is 32.2 Å². The van der Waals surface area contributed by atoms with Gasteiger partial charge in [-0.15, -0.1) is 0 Å². The minimum absolute atomic E-state index is 0.293. The topological polar surface area (TPSA) is 52.0 Å². The van der Waals surface area contributed by atoms with Crippen molar-refractivity contribution < 1.29 is 4.74 Å². The minimum atomic E-state index is 0.293. The number of methoxy groups -OCH3 is 1. The van der Waals surface area contributed by atoms with Gasteiger partial charge in [0.05, 0.1) is 6.10 Å². The largest absolute Gasteiger partial charge is 0.380 e. The highest BCUT2D eigenvalue weighted by molar-refractivity contribution is 4.97. The summed E-state index contributed by atoms with van der Waals surface area (Å²) in [6, 6.07) is 0.322. The average molecular weight is 252 g/mol. The third-order valence-corrected chi connectivity index (χ3v) is 3.66. The Morgan fingerprint density at radius 3 is 2.89 bits per heavy atom. The lowest BCUT2D eigenvalue weighted by molar-refractivity contribution is 0.0525. The van der Waals surface area contributed by atoms with Crippen LogP contribution in [0, 0.1) is 5.92 Å². The second kappa shape index (κ2) is 6.29. The number of likely N-dealkylation sites (N-methyl/N-ethyl adjacent to an activating group) is 1. The number of hydrogen-bond acceptors (Lipinski definition) is 4. The van der Waals surface area contributed by atoms with Gasteiger partial charge in [-0.1, -0.05) is 6.92 Å². The molecule has 1 heterocycles. The molecule has 1 aliphatic carbocycles. The first-order valence-electron chi connectivity index (χ1n) is 6.86. The van der Waals surface area contributed by atoms with Gasteiger partial charge in [0.1, 0.15) is 12.2 Å². The summed E-state index contributed by atoms with van der Waals surface area (Å²) in [6.45, 7) is 3.09. The molecule has 1 saturated carbocycles. The van der Waals surface area contributed by atoms with E-state index in [1.165, 1.54) is 12.8 Å². The van der Waals surface area contributed by atoms with Gasteiger partial charge in [0.2, 0.25) is 0 Å². The molecule has 102 valence electrons. The number of nitrogens with zero attached hydrogens (tertiary/aromatic N) is 3. The van der Waals surface area contributed by atoms with Crippen LogP contribution in [0.25, 0.3) is 0 Å². The predicted molar refractivity (Wildman–Crippen MR) is 70.4 cm³/mol. The van der Waals surface area contributed by atoms with Crippen molar-refractivity contribution >= 4 is 0 Å². The van der Waals surface area contributed by atoms with Crippen LogP contribution in [-0.4, -0.2) is 41.1 Å². The van der Waals surface area contributed by atoms with E-state index in [4.69, 9.17) is 4.74 Å². The molecule has 0 aromatic carbocycles. The highest BCUT2D eigenvalue weighted by Gasteiger charge is 2.36. The lowest BCUT2D eigenvalue weighted by Gasteiger charge is -2.25. The molecule has 0 amide bonds. The molecular weight excluding hydrogens is 228 g/mol. The van der Waals surface area contributed by atoms with E-state index in [1.54, 1.807) is 6.33 Å². The summed E-state index contributed by atoms with van der Waals surface area (Å²) in [5.74, 6) is 1.77. The average Bonchev–Trinajstić information content (AvgIpc) is 3.12. The van der Waals surface area contributed by atoms with Crippen molar-refractivity contribution in [1.82, 2.24) is 20.1 Å². The van der Waals surface area contributed by atoms with Crippen molar-refractivity contribution in [3.05, 3.63) is 12.2 Å². The minimum Gasteiger partial charge on any atom is -0.380 e. The smallest absolute Gasteiger partial charge is 0.138 e. The fourth-order valence-electron chi connectivity index (χ4n) is 2.53. The number of rotatable bonds is 8. The quantitative estimate of drug-likeness (QED) is 0.756. The van der Waals surface area contributed by atoms with Crippen molar-refractivity contribution in [2.24, 2.45) is 5.92 Å². The maximum atomic E-state index is 5.66. The molecule has 1 aromatic rings. The Balaban J connectivity index is 2.02. The van der Waals surface area contributed by atoms with E-state index in [-0.39, 0.29) is 0 Å². The normalized spacial score (nSPS) is 18.8. The molecule has 2 rings (SSSR count). The molecule has 1 fully saturated rings. The van der Waals surface area contributed by atoms with Gasteiger partial charge in [0.25, 0.3) is 0 Å². The third kappa shape index (κ3) is 3.09. The molecular formula is C13H24N4O. The Bertz CT molecular complexity index is 362. The van der Waals surface area contributed by atoms with Crippen LogP contribution in [0.2, 0.25) is 0 Å². The van der Waals surface area contributed by atoms with Crippen molar-refractivity contribution in [1.29, 1.82) is 0 Å². The third-order valence-electron chi connectivity index (χ3n) is 3.66. The van der Waals surface area contributed by atoms with Gasteiger partial charge in [-0.3, -0.25) is 4.68 Å². The summed E-state index contributed by atoms with van der Waals surface area (Å²) < 4.78 is 7.66. The van der Waals surface area contributed by atoms with Crippen LogP contribution < -0.4 is 5.32 Å². The fourth-order valence-corrected chi connectivity index (χ4v) is 2.53. The molecule has 1 aliphatic rings. The summed E-state index contributed by atoms with van der Waals surface area (Å²) in [4.78, 5) is 4.38. The van der Waals surface area contributed by atoms with Gasteiger partial charge >= 0.3 is 0 Å². The Hall–Kier alpha value is -0.940. The first-order valence-corrected chi connectivity index (χ1v) is 6.86. The van der Waals surface area contributed by atoms with Gasteiger partial charge in [0.15, 0.2) is 0 Å². The summed E-state index contributed by atoms with van der Waals surface area (Å²) in [5, 5.41) is 7.65.